The smallest absolute Gasteiger partial charge is 0.377 e. The third kappa shape index (κ3) is 4.90. The second-order valence-electron chi connectivity index (χ2n) is 3.70. The summed E-state index contributed by atoms with van der Waals surface area (Å²) in [6, 6.07) is 4.34. The Morgan fingerprint density at radius 3 is 2.55 bits per heavy atom. The number of alkyl halides is 3. The van der Waals surface area contributed by atoms with Crippen molar-refractivity contribution in [3.63, 3.8) is 0 Å². The highest BCUT2D eigenvalue weighted by atomic mass is 19.4. The minimum Gasteiger partial charge on any atom is -0.377 e. The molecule has 1 rings (SSSR count). The first-order chi connectivity index (χ1) is 9.35. The summed E-state index contributed by atoms with van der Waals surface area (Å²) in [5, 5.41) is 13.5. The maximum absolute atomic E-state index is 11.8. The normalized spacial score (nSPS) is 11.2. The molecule has 0 spiro atoms. The van der Waals surface area contributed by atoms with Crippen molar-refractivity contribution in [2.24, 2.45) is 5.84 Å². The van der Waals surface area contributed by atoms with Crippen LogP contribution in [0.4, 0.5) is 30.2 Å². The van der Waals surface area contributed by atoms with Crippen LogP contribution >= 0.6 is 0 Å². The summed E-state index contributed by atoms with van der Waals surface area (Å²) in [5.74, 6) is 5.15. The number of nitrogens with one attached hydrogen (secondary N) is 2. The number of hydrogen-bond acceptors (Lipinski definition) is 6. The predicted molar refractivity (Wildman–Crippen MR) is 66.3 cm³/mol. The minimum atomic E-state index is -4.39. The molecule has 0 aromatic heterocycles. The number of ether oxygens (including phenoxy) is 1. The summed E-state index contributed by atoms with van der Waals surface area (Å²) in [4.78, 5) is 10.3. The highest BCUT2D eigenvalue weighted by Crippen LogP contribution is 2.31. The van der Waals surface area contributed by atoms with Crippen LogP contribution in [0.15, 0.2) is 18.2 Å². The Balaban J connectivity index is 2.58. The number of hydrogen-bond donors (Lipinski definition) is 3. The molecule has 0 saturated heterocycles. The van der Waals surface area contributed by atoms with Crippen LogP contribution in [0.5, 0.6) is 0 Å². The molecule has 0 unspecified atom stereocenters. The van der Waals surface area contributed by atoms with Gasteiger partial charge in [-0.05, 0) is 12.1 Å². The molecule has 0 radical (unpaired) electrons. The molecule has 0 amide bonds. The zero-order valence-corrected chi connectivity index (χ0v) is 10.2. The number of benzene rings is 1. The van der Waals surface area contributed by atoms with Gasteiger partial charge in [0.2, 0.25) is 0 Å². The molecule has 1 aromatic rings. The first-order valence-corrected chi connectivity index (χ1v) is 5.47. The van der Waals surface area contributed by atoms with E-state index in [2.05, 4.69) is 15.5 Å². The van der Waals surface area contributed by atoms with Crippen LogP contribution in [-0.4, -0.2) is 30.9 Å². The number of para-hydroxylation sites is 1. The fourth-order valence-corrected chi connectivity index (χ4v) is 1.45. The lowest BCUT2D eigenvalue weighted by Crippen LogP contribution is -2.20. The van der Waals surface area contributed by atoms with Crippen LogP contribution in [-0.2, 0) is 4.74 Å². The molecule has 10 heteroatoms. The summed E-state index contributed by atoms with van der Waals surface area (Å²) >= 11 is 0. The second-order valence-corrected chi connectivity index (χ2v) is 3.70. The van der Waals surface area contributed by atoms with E-state index in [1.54, 1.807) is 0 Å². The Hall–Kier alpha value is -2.07. The van der Waals surface area contributed by atoms with Gasteiger partial charge in [-0.3, -0.25) is 16.0 Å². The van der Waals surface area contributed by atoms with Crippen molar-refractivity contribution in [1.82, 2.24) is 0 Å². The number of hydrazine groups is 1. The van der Waals surface area contributed by atoms with Gasteiger partial charge in [-0.15, -0.1) is 0 Å². The van der Waals surface area contributed by atoms with Crippen molar-refractivity contribution in [2.45, 2.75) is 6.18 Å². The van der Waals surface area contributed by atoms with Crippen molar-refractivity contribution in [3.8, 4) is 0 Å². The van der Waals surface area contributed by atoms with Crippen LogP contribution in [0.2, 0.25) is 0 Å². The van der Waals surface area contributed by atoms with E-state index in [9.17, 15) is 23.3 Å². The molecule has 20 heavy (non-hydrogen) atoms. The quantitative estimate of drug-likeness (QED) is 0.307. The van der Waals surface area contributed by atoms with Crippen molar-refractivity contribution < 1.29 is 22.8 Å². The number of rotatable bonds is 7. The molecule has 0 aliphatic rings. The van der Waals surface area contributed by atoms with E-state index >= 15 is 0 Å². The van der Waals surface area contributed by atoms with Gasteiger partial charge < -0.3 is 15.5 Å². The molecule has 0 heterocycles. The van der Waals surface area contributed by atoms with Crippen LogP contribution in [0.3, 0.4) is 0 Å². The fraction of sp³-hybridized carbons (Fsp3) is 0.400. The Bertz CT molecular complexity index is 468. The lowest BCUT2D eigenvalue weighted by atomic mass is 10.2. The molecule has 0 atom stereocenters. The number of halogens is 3. The van der Waals surface area contributed by atoms with Crippen molar-refractivity contribution in [1.29, 1.82) is 0 Å². The molecule has 1 aromatic carbocycles. The summed E-state index contributed by atoms with van der Waals surface area (Å²) in [5.41, 5.74) is 2.12. The first kappa shape index (κ1) is 16.0. The standard InChI is InChI=1S/C10H13F3N4O3/c11-10(12,13)6-20-5-4-15-7-2-1-3-8(16-14)9(7)17(18)19/h1-3,15-16H,4-6,14H2. The lowest BCUT2D eigenvalue weighted by molar-refractivity contribution is -0.383. The van der Waals surface area contributed by atoms with Crippen LogP contribution in [0, 0.1) is 10.1 Å². The molecule has 112 valence electrons. The summed E-state index contributed by atoms with van der Waals surface area (Å²) in [7, 11) is 0. The number of nitro groups is 1. The zero-order valence-electron chi connectivity index (χ0n) is 10.2. The van der Waals surface area contributed by atoms with Crippen LogP contribution in [0.25, 0.3) is 0 Å². The van der Waals surface area contributed by atoms with E-state index in [-0.39, 0.29) is 30.2 Å². The van der Waals surface area contributed by atoms with E-state index in [4.69, 9.17) is 5.84 Å². The number of nitrogens with two attached hydrogens (primary N) is 1. The Morgan fingerprint density at radius 1 is 1.35 bits per heavy atom. The third-order valence-corrected chi connectivity index (χ3v) is 2.20. The minimum absolute atomic E-state index is 0.00898. The number of nitrogen functional groups attached to an aromatic ring is 1. The van der Waals surface area contributed by atoms with Crippen molar-refractivity contribution >= 4 is 17.1 Å². The Labute approximate surface area is 112 Å². The molecule has 4 N–H and O–H groups in total. The lowest BCUT2D eigenvalue weighted by Gasteiger charge is -2.11. The second kappa shape index (κ2) is 6.91. The maximum atomic E-state index is 11.8. The summed E-state index contributed by atoms with van der Waals surface area (Å²) in [6.45, 7) is -1.61. The molecular weight excluding hydrogens is 281 g/mol. The van der Waals surface area contributed by atoms with Gasteiger partial charge in [0, 0.05) is 6.54 Å². The Kier molecular flexibility index (Phi) is 5.53. The van der Waals surface area contributed by atoms with Gasteiger partial charge in [0.15, 0.2) is 0 Å². The van der Waals surface area contributed by atoms with Crippen LogP contribution in [0.1, 0.15) is 0 Å². The Morgan fingerprint density at radius 2 is 2.00 bits per heavy atom. The largest absolute Gasteiger partial charge is 0.411 e. The third-order valence-electron chi connectivity index (χ3n) is 2.20. The SMILES string of the molecule is NNc1cccc(NCCOCC(F)(F)F)c1[N+](=O)[O-]. The molecule has 0 aliphatic heterocycles. The predicted octanol–water partition coefficient (Wildman–Crippen LogP) is 1.87. The monoisotopic (exact) mass is 294 g/mol. The number of nitro benzene ring substituents is 1. The van der Waals surface area contributed by atoms with E-state index < -0.39 is 17.7 Å². The van der Waals surface area contributed by atoms with Crippen LogP contribution < -0.4 is 16.6 Å². The topological polar surface area (TPSA) is 102 Å². The molecular formula is C10H13F3N4O3. The average molecular weight is 294 g/mol. The highest BCUT2D eigenvalue weighted by Gasteiger charge is 2.27. The van der Waals surface area contributed by atoms with E-state index in [0.29, 0.717) is 0 Å². The zero-order chi connectivity index (χ0) is 15.2. The molecule has 0 saturated carbocycles. The number of anilines is 2. The van der Waals surface area contributed by atoms with E-state index in [0.717, 1.165) is 0 Å². The molecule has 0 aliphatic carbocycles. The summed E-state index contributed by atoms with van der Waals surface area (Å²) < 4.78 is 39.8. The highest BCUT2D eigenvalue weighted by molar-refractivity contribution is 5.75. The molecule has 0 fully saturated rings. The summed E-state index contributed by atoms with van der Waals surface area (Å²) in [6.07, 6.45) is -4.39. The van der Waals surface area contributed by atoms with Gasteiger partial charge in [-0.2, -0.15) is 13.2 Å². The van der Waals surface area contributed by atoms with Gasteiger partial charge in [-0.1, -0.05) is 6.07 Å². The fourth-order valence-electron chi connectivity index (χ4n) is 1.45. The molecule has 0 bridgehead atoms. The van der Waals surface area contributed by atoms with E-state index in [1.807, 2.05) is 0 Å². The van der Waals surface area contributed by atoms with Crippen molar-refractivity contribution in [2.75, 3.05) is 30.5 Å². The van der Waals surface area contributed by atoms with Gasteiger partial charge in [0.25, 0.3) is 0 Å². The van der Waals surface area contributed by atoms with Crippen molar-refractivity contribution in [3.05, 3.63) is 28.3 Å². The maximum Gasteiger partial charge on any atom is 0.411 e. The molecule has 7 nitrogen and oxygen atoms in total. The number of nitrogens with zero attached hydrogens (tertiary/aromatic N) is 1. The first-order valence-electron chi connectivity index (χ1n) is 5.47. The van der Waals surface area contributed by atoms with Gasteiger partial charge in [0.1, 0.15) is 18.0 Å². The van der Waals surface area contributed by atoms with Gasteiger partial charge in [0.05, 0.1) is 11.5 Å². The van der Waals surface area contributed by atoms with E-state index in [1.165, 1.54) is 18.2 Å². The van der Waals surface area contributed by atoms with Gasteiger partial charge >= 0.3 is 11.9 Å². The van der Waals surface area contributed by atoms with Gasteiger partial charge in [-0.25, -0.2) is 0 Å². The average Bonchev–Trinajstić information content (AvgIpc) is 2.36.